The number of carbonyl (C=O) groups excluding carboxylic acids is 2. The van der Waals surface area contributed by atoms with Crippen LogP contribution in [-0.2, 0) is 4.74 Å². The summed E-state index contributed by atoms with van der Waals surface area (Å²) in [7, 11) is 0. The number of amides is 2. The Kier molecular flexibility index (Phi) is 6.47. The normalized spacial score (nSPS) is 22.9. The zero-order chi connectivity index (χ0) is 24.6. The highest BCUT2D eigenvalue weighted by Gasteiger charge is 2.47. The second kappa shape index (κ2) is 9.55. The van der Waals surface area contributed by atoms with Gasteiger partial charge in [-0.3, -0.25) is 4.79 Å². The van der Waals surface area contributed by atoms with E-state index >= 15 is 0 Å². The first-order chi connectivity index (χ1) is 16.8. The number of hydrogen-bond acceptors (Lipinski definition) is 4. The number of fused-ring (bicyclic) bond motifs is 1. The Bertz CT molecular complexity index is 1280. The summed E-state index contributed by atoms with van der Waals surface area (Å²) in [5.41, 5.74) is 4.47. The number of carbonyl (C=O) groups is 2. The molecule has 1 aliphatic carbocycles. The van der Waals surface area contributed by atoms with Crippen molar-refractivity contribution in [1.29, 1.82) is 0 Å². The Morgan fingerprint density at radius 2 is 2.06 bits per heavy atom. The summed E-state index contributed by atoms with van der Waals surface area (Å²) in [6.45, 7) is 2.03. The van der Waals surface area contributed by atoms with Gasteiger partial charge in [-0.1, -0.05) is 29.3 Å². The van der Waals surface area contributed by atoms with E-state index in [4.69, 9.17) is 27.9 Å². The number of benzene rings is 1. The molecule has 3 heterocycles. The van der Waals surface area contributed by atoms with Crippen molar-refractivity contribution in [2.24, 2.45) is 11.0 Å². The minimum atomic E-state index is -0.841. The van der Waals surface area contributed by atoms with Crippen LogP contribution >= 0.6 is 23.2 Å². The number of hydrogen-bond donors (Lipinski definition) is 2. The highest BCUT2D eigenvalue weighted by atomic mass is 35.5. The van der Waals surface area contributed by atoms with Crippen LogP contribution in [0.25, 0.3) is 5.52 Å². The fourth-order valence-electron chi connectivity index (χ4n) is 5.20. The van der Waals surface area contributed by atoms with Crippen LogP contribution in [0.15, 0.2) is 60.0 Å². The second-order valence-corrected chi connectivity index (χ2v) is 10.2. The van der Waals surface area contributed by atoms with E-state index in [9.17, 15) is 9.59 Å². The SMILES string of the molecule is C[C@@H](CC1CCC2(CC1)OC(=O)NN=C2c1cc(Cl)ccc1Cl)NC(=O)c1cc2ccccn2c1. The van der Waals surface area contributed by atoms with E-state index in [1.807, 2.05) is 48.0 Å². The van der Waals surface area contributed by atoms with Gasteiger partial charge in [0, 0.05) is 39.6 Å². The topological polar surface area (TPSA) is 84.2 Å². The molecule has 0 unspecified atom stereocenters. The van der Waals surface area contributed by atoms with Crippen molar-refractivity contribution >= 4 is 46.4 Å². The minimum absolute atomic E-state index is 0.00986. The van der Waals surface area contributed by atoms with Crippen LogP contribution in [0.2, 0.25) is 10.0 Å². The molecule has 3 aromatic rings. The van der Waals surface area contributed by atoms with Gasteiger partial charge in [-0.15, -0.1) is 0 Å². The van der Waals surface area contributed by atoms with E-state index in [-0.39, 0.29) is 11.9 Å². The van der Waals surface area contributed by atoms with Crippen molar-refractivity contribution in [3.63, 3.8) is 0 Å². The van der Waals surface area contributed by atoms with Gasteiger partial charge in [0.1, 0.15) is 5.71 Å². The molecule has 182 valence electrons. The summed E-state index contributed by atoms with van der Waals surface area (Å²) in [4.78, 5) is 24.9. The quantitative estimate of drug-likeness (QED) is 0.451. The van der Waals surface area contributed by atoms with Crippen LogP contribution in [0, 0.1) is 5.92 Å². The number of hydrazone groups is 1. The maximum absolute atomic E-state index is 12.8. The predicted molar refractivity (Wildman–Crippen MR) is 136 cm³/mol. The largest absolute Gasteiger partial charge is 0.435 e. The molecule has 2 aromatic heterocycles. The fraction of sp³-hybridized carbons (Fsp3) is 0.346. The number of nitrogens with zero attached hydrogens (tertiary/aromatic N) is 2. The number of nitrogens with one attached hydrogen (secondary N) is 2. The summed E-state index contributed by atoms with van der Waals surface area (Å²) in [6.07, 6.45) is 6.96. The number of pyridine rings is 1. The third-order valence-electron chi connectivity index (χ3n) is 6.91. The lowest BCUT2D eigenvalue weighted by Crippen LogP contribution is -2.52. The van der Waals surface area contributed by atoms with Crippen molar-refractivity contribution < 1.29 is 14.3 Å². The molecule has 1 aliphatic heterocycles. The molecule has 1 spiro atoms. The molecule has 1 saturated carbocycles. The average molecular weight is 513 g/mol. The van der Waals surface area contributed by atoms with E-state index in [0.29, 0.717) is 45.6 Å². The van der Waals surface area contributed by atoms with Crippen LogP contribution in [-0.4, -0.2) is 33.8 Å². The summed E-state index contributed by atoms with van der Waals surface area (Å²) in [6, 6.07) is 12.9. The van der Waals surface area contributed by atoms with E-state index < -0.39 is 11.7 Å². The van der Waals surface area contributed by atoms with Gasteiger partial charge in [-0.05, 0) is 81.3 Å². The summed E-state index contributed by atoms with van der Waals surface area (Å²) in [5.74, 6) is 0.305. The first kappa shape index (κ1) is 23.7. The molecule has 7 nitrogen and oxygen atoms in total. The monoisotopic (exact) mass is 512 g/mol. The minimum Gasteiger partial charge on any atom is -0.435 e. The number of ether oxygens (including phenoxy) is 1. The van der Waals surface area contributed by atoms with E-state index in [1.54, 1.807) is 18.2 Å². The first-order valence-corrected chi connectivity index (χ1v) is 12.5. The fourth-order valence-corrected chi connectivity index (χ4v) is 5.58. The molecule has 0 saturated heterocycles. The van der Waals surface area contributed by atoms with Crippen molar-refractivity contribution in [3.05, 3.63) is 76.0 Å². The highest BCUT2D eigenvalue weighted by Crippen LogP contribution is 2.41. The van der Waals surface area contributed by atoms with Crippen LogP contribution in [0.5, 0.6) is 0 Å². The lowest BCUT2D eigenvalue weighted by molar-refractivity contribution is 0.0154. The van der Waals surface area contributed by atoms with Gasteiger partial charge in [0.25, 0.3) is 5.91 Å². The standard InChI is InChI=1S/C26H26Cl2N4O3/c1-16(29-24(33)18-13-20-4-2-3-11-32(20)15-18)12-17-7-9-26(10-8-17)23(30-31-25(34)35-26)21-14-19(27)5-6-22(21)28/h2-6,11,13-17H,7-10,12H2,1H3,(H,29,33)(H,31,34)/t16-,17?,26?/m0/s1. The van der Waals surface area contributed by atoms with Gasteiger partial charge < -0.3 is 14.5 Å². The zero-order valence-electron chi connectivity index (χ0n) is 19.3. The second-order valence-electron chi connectivity index (χ2n) is 9.40. The highest BCUT2D eigenvalue weighted by molar-refractivity contribution is 6.36. The summed E-state index contributed by atoms with van der Waals surface area (Å²) in [5, 5.41) is 8.49. The molecule has 2 N–H and O–H groups in total. The number of rotatable bonds is 5. The number of halogens is 2. The van der Waals surface area contributed by atoms with Gasteiger partial charge in [-0.25, -0.2) is 10.2 Å². The molecule has 2 amide bonds. The van der Waals surface area contributed by atoms with Gasteiger partial charge in [-0.2, -0.15) is 5.10 Å². The maximum atomic E-state index is 12.8. The molecule has 35 heavy (non-hydrogen) atoms. The third kappa shape index (κ3) is 4.88. The van der Waals surface area contributed by atoms with Crippen molar-refractivity contribution in [1.82, 2.24) is 15.1 Å². The molecule has 1 aromatic carbocycles. The molecule has 5 rings (SSSR count). The lowest BCUT2D eigenvalue weighted by atomic mass is 9.73. The Morgan fingerprint density at radius 1 is 1.26 bits per heavy atom. The zero-order valence-corrected chi connectivity index (χ0v) is 20.8. The average Bonchev–Trinajstić information content (AvgIpc) is 3.27. The molecular weight excluding hydrogens is 487 g/mol. The molecular formula is C26H26Cl2N4O3. The number of aromatic nitrogens is 1. The van der Waals surface area contributed by atoms with Gasteiger partial charge >= 0.3 is 6.09 Å². The smallest absolute Gasteiger partial charge is 0.428 e. The molecule has 0 radical (unpaired) electrons. The Morgan fingerprint density at radius 3 is 2.83 bits per heavy atom. The molecule has 1 fully saturated rings. The summed E-state index contributed by atoms with van der Waals surface area (Å²) < 4.78 is 7.76. The van der Waals surface area contributed by atoms with Crippen LogP contribution in [0.3, 0.4) is 0 Å². The Labute approximate surface area is 213 Å². The Balaban J connectivity index is 1.23. The van der Waals surface area contributed by atoms with Crippen LogP contribution in [0.1, 0.15) is 54.9 Å². The third-order valence-corrected chi connectivity index (χ3v) is 7.47. The van der Waals surface area contributed by atoms with Crippen molar-refractivity contribution in [2.75, 3.05) is 0 Å². The van der Waals surface area contributed by atoms with E-state index in [0.717, 1.165) is 24.8 Å². The van der Waals surface area contributed by atoms with Crippen molar-refractivity contribution in [2.45, 2.75) is 50.7 Å². The van der Waals surface area contributed by atoms with Crippen LogP contribution in [0.4, 0.5) is 4.79 Å². The van der Waals surface area contributed by atoms with Crippen molar-refractivity contribution in [3.8, 4) is 0 Å². The van der Waals surface area contributed by atoms with E-state index in [2.05, 4.69) is 15.8 Å². The lowest BCUT2D eigenvalue weighted by Gasteiger charge is -2.42. The summed E-state index contributed by atoms with van der Waals surface area (Å²) >= 11 is 12.6. The van der Waals surface area contributed by atoms with Gasteiger partial charge in [0.15, 0.2) is 5.60 Å². The molecule has 9 heteroatoms. The maximum Gasteiger partial charge on any atom is 0.428 e. The molecule has 1 atom stereocenters. The first-order valence-electron chi connectivity index (χ1n) is 11.7. The van der Waals surface area contributed by atoms with Crippen LogP contribution < -0.4 is 10.7 Å². The van der Waals surface area contributed by atoms with Gasteiger partial charge in [0.2, 0.25) is 0 Å². The molecule has 2 aliphatic rings. The molecule has 0 bridgehead atoms. The van der Waals surface area contributed by atoms with Gasteiger partial charge in [0.05, 0.1) is 5.56 Å². The van der Waals surface area contributed by atoms with E-state index in [1.165, 1.54) is 0 Å². The Hall–Kier alpha value is -3.03. The predicted octanol–water partition coefficient (Wildman–Crippen LogP) is 5.83.